The van der Waals surface area contributed by atoms with Gasteiger partial charge in [0.1, 0.15) is 0 Å². The molecule has 0 unspecified atom stereocenters. The molecule has 0 aromatic carbocycles. The molecule has 0 N–H and O–H groups in total. The van der Waals surface area contributed by atoms with Gasteiger partial charge in [-0.3, -0.25) is 0 Å². The summed E-state index contributed by atoms with van der Waals surface area (Å²) in [5, 5.41) is 0. The second-order valence-electron chi connectivity index (χ2n) is 6.87. The average Bonchev–Trinajstić information content (AvgIpc) is 2.15. The highest BCUT2D eigenvalue weighted by Gasteiger charge is 2.49. The predicted molar refractivity (Wildman–Crippen MR) is 71.5 cm³/mol. The summed E-state index contributed by atoms with van der Waals surface area (Å²) >= 11 is 0. The second kappa shape index (κ2) is 5.10. The molecule has 0 aromatic heterocycles. The van der Waals surface area contributed by atoms with E-state index in [1.165, 1.54) is 19.3 Å². The zero-order valence-electron chi connectivity index (χ0n) is 11.6. The molecule has 4 saturated carbocycles. The van der Waals surface area contributed by atoms with E-state index in [0.29, 0.717) is 0 Å². The minimum atomic E-state index is 0.851. The van der Waals surface area contributed by atoms with Crippen molar-refractivity contribution in [3.8, 4) is 0 Å². The summed E-state index contributed by atoms with van der Waals surface area (Å²) in [5.41, 5.74) is 0.851. The van der Waals surface area contributed by atoms with Crippen LogP contribution in [0, 0.1) is 23.2 Å². The largest absolute Gasteiger partial charge is 0.0656 e. The van der Waals surface area contributed by atoms with Crippen molar-refractivity contribution < 1.29 is 0 Å². The van der Waals surface area contributed by atoms with Gasteiger partial charge >= 0.3 is 0 Å². The van der Waals surface area contributed by atoms with Gasteiger partial charge in [0.2, 0.25) is 0 Å². The van der Waals surface area contributed by atoms with Crippen LogP contribution in [0.15, 0.2) is 0 Å². The van der Waals surface area contributed by atoms with E-state index < -0.39 is 0 Å². The van der Waals surface area contributed by atoms with Gasteiger partial charge < -0.3 is 0 Å². The van der Waals surface area contributed by atoms with Crippen molar-refractivity contribution in [2.24, 2.45) is 23.2 Å². The van der Waals surface area contributed by atoms with Crippen LogP contribution >= 0.6 is 0 Å². The van der Waals surface area contributed by atoms with Crippen LogP contribution in [0.1, 0.15) is 78.6 Å². The Morgan fingerprint density at radius 1 is 0.812 bits per heavy atom. The van der Waals surface area contributed by atoms with Crippen LogP contribution in [-0.2, 0) is 0 Å². The molecule has 0 saturated heterocycles. The molecular formula is C16H30. The lowest BCUT2D eigenvalue weighted by Crippen LogP contribution is -2.45. The normalized spacial score (nSPS) is 44.1. The van der Waals surface area contributed by atoms with E-state index in [9.17, 15) is 0 Å². The maximum Gasteiger partial charge on any atom is -0.0290 e. The Balaban J connectivity index is 0.000000292. The first-order chi connectivity index (χ1) is 7.71. The number of hydrogen-bond acceptors (Lipinski definition) is 0. The van der Waals surface area contributed by atoms with Crippen molar-refractivity contribution in [3.63, 3.8) is 0 Å². The van der Waals surface area contributed by atoms with Crippen molar-refractivity contribution in [2.45, 2.75) is 78.6 Å². The van der Waals surface area contributed by atoms with E-state index in [4.69, 9.17) is 0 Å². The van der Waals surface area contributed by atoms with Crippen LogP contribution in [0.4, 0.5) is 0 Å². The number of rotatable bonds is 2. The van der Waals surface area contributed by atoms with E-state index in [0.717, 1.165) is 23.2 Å². The summed E-state index contributed by atoms with van der Waals surface area (Å²) in [7, 11) is 0. The average molecular weight is 222 g/mol. The van der Waals surface area contributed by atoms with Gasteiger partial charge in [0, 0.05) is 0 Å². The van der Waals surface area contributed by atoms with E-state index in [2.05, 4.69) is 20.8 Å². The fraction of sp³-hybridized carbons (Fsp3) is 1.00. The van der Waals surface area contributed by atoms with Crippen molar-refractivity contribution in [2.75, 3.05) is 0 Å². The lowest BCUT2D eigenvalue weighted by molar-refractivity contribution is -0.0574. The van der Waals surface area contributed by atoms with E-state index in [-0.39, 0.29) is 0 Å². The minimum absolute atomic E-state index is 0.851. The lowest BCUT2D eigenvalue weighted by Gasteiger charge is -2.57. The summed E-state index contributed by atoms with van der Waals surface area (Å²) in [5.74, 6) is 3.45. The van der Waals surface area contributed by atoms with Gasteiger partial charge in [-0.2, -0.15) is 0 Å². The van der Waals surface area contributed by atoms with E-state index >= 15 is 0 Å². The fourth-order valence-electron chi connectivity index (χ4n) is 5.13. The predicted octanol–water partition coefficient (Wildman–Crippen LogP) is 5.42. The molecule has 0 amide bonds. The third-order valence-corrected chi connectivity index (χ3v) is 4.95. The van der Waals surface area contributed by atoms with Gasteiger partial charge in [-0.1, -0.05) is 33.6 Å². The molecule has 4 aliphatic carbocycles. The molecule has 4 rings (SSSR count). The topological polar surface area (TPSA) is 0 Å². The zero-order chi connectivity index (χ0) is 11.6. The van der Waals surface area contributed by atoms with Gasteiger partial charge in [0.15, 0.2) is 0 Å². The standard InChI is InChI=1S/C13H22.C3H8/c1-2-3-13-7-10-4-11(8-13)6-12(5-10)9-13;1-3-2/h10-12H,2-9H2,1H3;3H2,1-2H3. The molecular weight excluding hydrogens is 192 g/mol. The minimum Gasteiger partial charge on any atom is -0.0656 e. The molecule has 0 aliphatic heterocycles. The molecule has 0 aromatic rings. The van der Waals surface area contributed by atoms with Crippen LogP contribution in [0.5, 0.6) is 0 Å². The summed E-state index contributed by atoms with van der Waals surface area (Å²) in [4.78, 5) is 0. The second-order valence-corrected chi connectivity index (χ2v) is 6.87. The van der Waals surface area contributed by atoms with Crippen LogP contribution in [0.2, 0.25) is 0 Å². The Kier molecular flexibility index (Phi) is 3.97. The van der Waals surface area contributed by atoms with Crippen molar-refractivity contribution >= 4 is 0 Å². The van der Waals surface area contributed by atoms with Crippen LogP contribution in [-0.4, -0.2) is 0 Å². The smallest absolute Gasteiger partial charge is 0.0290 e. The summed E-state index contributed by atoms with van der Waals surface area (Å²) in [6.07, 6.45) is 13.8. The zero-order valence-corrected chi connectivity index (χ0v) is 11.6. The Hall–Kier alpha value is 0. The van der Waals surface area contributed by atoms with Crippen LogP contribution in [0.3, 0.4) is 0 Å². The third kappa shape index (κ3) is 2.46. The first-order valence-corrected chi connectivity index (χ1v) is 7.71. The molecule has 0 spiro atoms. The molecule has 4 fully saturated rings. The summed E-state index contributed by atoms with van der Waals surface area (Å²) in [6.45, 7) is 6.62. The summed E-state index contributed by atoms with van der Waals surface area (Å²) < 4.78 is 0. The molecule has 4 bridgehead atoms. The lowest BCUT2D eigenvalue weighted by atomic mass is 9.49. The van der Waals surface area contributed by atoms with Gasteiger partial charge in [0.05, 0.1) is 0 Å². The molecule has 0 nitrogen and oxygen atoms in total. The Bertz CT molecular complexity index is 181. The summed E-state index contributed by atoms with van der Waals surface area (Å²) in [6, 6.07) is 0. The first-order valence-electron chi connectivity index (χ1n) is 7.71. The fourth-order valence-corrected chi connectivity index (χ4v) is 5.13. The maximum atomic E-state index is 2.37. The van der Waals surface area contributed by atoms with Crippen molar-refractivity contribution in [1.82, 2.24) is 0 Å². The van der Waals surface area contributed by atoms with Crippen LogP contribution in [0.25, 0.3) is 0 Å². The Morgan fingerprint density at radius 2 is 1.19 bits per heavy atom. The molecule has 0 heterocycles. The molecule has 0 atom stereocenters. The quantitative estimate of drug-likeness (QED) is 0.585. The Labute approximate surface area is 102 Å². The first kappa shape index (κ1) is 12.5. The highest BCUT2D eigenvalue weighted by Crippen LogP contribution is 2.61. The Morgan fingerprint density at radius 3 is 1.50 bits per heavy atom. The molecule has 4 aliphatic rings. The monoisotopic (exact) mass is 222 g/mol. The molecule has 94 valence electrons. The third-order valence-electron chi connectivity index (χ3n) is 4.95. The molecule has 0 radical (unpaired) electrons. The van der Waals surface area contributed by atoms with E-state index in [1.807, 2.05) is 0 Å². The van der Waals surface area contributed by atoms with Gasteiger partial charge in [-0.25, -0.2) is 0 Å². The molecule has 0 heteroatoms. The van der Waals surface area contributed by atoms with Gasteiger partial charge in [-0.15, -0.1) is 0 Å². The SMILES string of the molecule is CCC.CCCC12CC3CC(CC(C3)C1)C2. The van der Waals surface area contributed by atoms with Gasteiger partial charge in [0.25, 0.3) is 0 Å². The van der Waals surface area contributed by atoms with Crippen molar-refractivity contribution in [1.29, 1.82) is 0 Å². The highest BCUT2D eigenvalue weighted by atomic mass is 14.5. The van der Waals surface area contributed by atoms with Gasteiger partial charge in [-0.05, 0) is 68.1 Å². The van der Waals surface area contributed by atoms with Crippen LogP contribution < -0.4 is 0 Å². The highest BCUT2D eigenvalue weighted by molar-refractivity contribution is 5.00. The molecule has 16 heavy (non-hydrogen) atoms. The van der Waals surface area contributed by atoms with Crippen molar-refractivity contribution in [3.05, 3.63) is 0 Å². The van der Waals surface area contributed by atoms with E-state index in [1.54, 1.807) is 38.5 Å². The number of hydrogen-bond donors (Lipinski definition) is 0. The maximum absolute atomic E-state index is 2.37.